The zero-order valence-electron chi connectivity index (χ0n) is 12.2. The van der Waals surface area contributed by atoms with Gasteiger partial charge in [-0.2, -0.15) is 0 Å². The number of para-hydroxylation sites is 2. The van der Waals surface area contributed by atoms with E-state index in [0.717, 1.165) is 0 Å². The van der Waals surface area contributed by atoms with E-state index in [4.69, 9.17) is 9.84 Å². The van der Waals surface area contributed by atoms with Crippen LogP contribution < -0.4 is 10.1 Å². The monoisotopic (exact) mass is 451 g/mol. The number of carbonyl (C=O) groups excluding carboxylic acids is 1. The standard InChI is InChI=1S/C17H11Br2NO4/c18-11-5-9(6-12(19)10(11)8-16(21)22)7-15-17(23)20-13-3-1-2-4-14(13)24-15/h1-7H,8H2,(H,20,23)(H,21,22). The fraction of sp³-hybridized carbons (Fsp3) is 0.0588. The lowest BCUT2D eigenvalue weighted by Gasteiger charge is -2.19. The third-order valence-electron chi connectivity index (χ3n) is 3.37. The molecule has 1 amide bonds. The highest BCUT2D eigenvalue weighted by Crippen LogP contribution is 2.32. The van der Waals surface area contributed by atoms with Crippen LogP contribution in [0.15, 0.2) is 51.1 Å². The van der Waals surface area contributed by atoms with Crippen molar-refractivity contribution in [3.05, 3.63) is 62.2 Å². The summed E-state index contributed by atoms with van der Waals surface area (Å²) < 4.78 is 6.93. The zero-order chi connectivity index (χ0) is 17.3. The maximum absolute atomic E-state index is 12.1. The molecule has 0 bridgehead atoms. The molecule has 2 N–H and O–H groups in total. The average molecular weight is 453 g/mol. The molecule has 0 aromatic heterocycles. The summed E-state index contributed by atoms with van der Waals surface area (Å²) in [5.41, 5.74) is 1.95. The summed E-state index contributed by atoms with van der Waals surface area (Å²) in [6.07, 6.45) is 1.49. The van der Waals surface area contributed by atoms with E-state index in [1.165, 1.54) is 0 Å². The topological polar surface area (TPSA) is 75.6 Å². The molecule has 24 heavy (non-hydrogen) atoms. The minimum Gasteiger partial charge on any atom is -0.481 e. The highest BCUT2D eigenvalue weighted by atomic mass is 79.9. The van der Waals surface area contributed by atoms with Crippen LogP contribution in [0.5, 0.6) is 5.75 Å². The lowest BCUT2D eigenvalue weighted by atomic mass is 10.1. The van der Waals surface area contributed by atoms with E-state index in [0.29, 0.717) is 31.5 Å². The van der Waals surface area contributed by atoms with Crippen LogP contribution in [-0.2, 0) is 16.0 Å². The van der Waals surface area contributed by atoms with Crippen molar-refractivity contribution < 1.29 is 19.4 Å². The summed E-state index contributed by atoms with van der Waals surface area (Å²) in [6, 6.07) is 10.6. The Labute approximate surface area is 154 Å². The Hall–Kier alpha value is -2.12. The van der Waals surface area contributed by atoms with Gasteiger partial charge >= 0.3 is 5.97 Å². The third kappa shape index (κ3) is 3.52. The minimum atomic E-state index is -0.922. The molecular formula is C17H11Br2NO4. The van der Waals surface area contributed by atoms with Gasteiger partial charge in [-0.3, -0.25) is 9.59 Å². The quantitative estimate of drug-likeness (QED) is 0.684. The average Bonchev–Trinajstić information content (AvgIpc) is 2.51. The number of rotatable bonds is 3. The molecule has 0 aliphatic carbocycles. The van der Waals surface area contributed by atoms with Gasteiger partial charge in [0, 0.05) is 8.95 Å². The van der Waals surface area contributed by atoms with Crippen LogP contribution in [0.3, 0.4) is 0 Å². The summed E-state index contributed by atoms with van der Waals surface area (Å²) in [4.78, 5) is 23.0. The van der Waals surface area contributed by atoms with Gasteiger partial charge < -0.3 is 15.2 Å². The molecule has 0 spiro atoms. The number of hydrogen-bond donors (Lipinski definition) is 2. The van der Waals surface area contributed by atoms with E-state index >= 15 is 0 Å². The highest BCUT2D eigenvalue weighted by Gasteiger charge is 2.21. The van der Waals surface area contributed by atoms with Gasteiger partial charge in [0.25, 0.3) is 5.91 Å². The van der Waals surface area contributed by atoms with Gasteiger partial charge in [0.15, 0.2) is 11.5 Å². The fourth-order valence-corrected chi connectivity index (χ4v) is 3.78. The Morgan fingerprint density at radius 2 is 1.88 bits per heavy atom. The highest BCUT2D eigenvalue weighted by molar-refractivity contribution is 9.11. The number of anilines is 1. The Kier molecular flexibility index (Phi) is 4.73. The van der Waals surface area contributed by atoms with E-state index in [1.54, 1.807) is 30.3 Å². The van der Waals surface area contributed by atoms with Gasteiger partial charge in [0.05, 0.1) is 12.1 Å². The summed E-state index contributed by atoms with van der Waals surface area (Å²) in [5.74, 6) is -0.521. The van der Waals surface area contributed by atoms with E-state index < -0.39 is 5.97 Å². The van der Waals surface area contributed by atoms with Gasteiger partial charge in [-0.15, -0.1) is 0 Å². The van der Waals surface area contributed by atoms with Crippen molar-refractivity contribution in [3.8, 4) is 5.75 Å². The van der Waals surface area contributed by atoms with Crippen molar-refractivity contribution in [3.63, 3.8) is 0 Å². The normalized spacial score (nSPS) is 14.8. The molecular weight excluding hydrogens is 442 g/mol. The maximum atomic E-state index is 12.1. The van der Waals surface area contributed by atoms with Gasteiger partial charge in [-0.1, -0.05) is 44.0 Å². The summed E-state index contributed by atoms with van der Waals surface area (Å²) in [5, 5.41) is 11.7. The van der Waals surface area contributed by atoms with Crippen molar-refractivity contribution in [2.45, 2.75) is 6.42 Å². The number of fused-ring (bicyclic) bond motifs is 1. The van der Waals surface area contributed by atoms with Gasteiger partial charge in [0.2, 0.25) is 0 Å². The molecule has 0 fully saturated rings. The number of ether oxygens (including phenoxy) is 1. The smallest absolute Gasteiger partial charge is 0.307 e. The van der Waals surface area contributed by atoms with Crippen LogP contribution in [-0.4, -0.2) is 17.0 Å². The summed E-state index contributed by atoms with van der Waals surface area (Å²) in [6.45, 7) is 0. The van der Waals surface area contributed by atoms with Crippen LogP contribution in [0.1, 0.15) is 11.1 Å². The van der Waals surface area contributed by atoms with Crippen molar-refractivity contribution in [1.82, 2.24) is 0 Å². The molecule has 0 saturated carbocycles. The zero-order valence-corrected chi connectivity index (χ0v) is 15.3. The Morgan fingerprint density at radius 1 is 1.21 bits per heavy atom. The van der Waals surface area contributed by atoms with E-state index in [2.05, 4.69) is 37.2 Å². The molecule has 0 atom stereocenters. The first-order chi connectivity index (χ1) is 11.4. The Bertz CT molecular complexity index is 854. The van der Waals surface area contributed by atoms with Crippen LogP contribution in [0.4, 0.5) is 5.69 Å². The molecule has 1 aliphatic rings. The number of benzene rings is 2. The number of aliphatic carboxylic acids is 1. The van der Waals surface area contributed by atoms with Gasteiger partial charge in [-0.05, 0) is 41.5 Å². The van der Waals surface area contributed by atoms with Gasteiger partial charge in [-0.25, -0.2) is 0 Å². The van der Waals surface area contributed by atoms with Crippen molar-refractivity contribution in [1.29, 1.82) is 0 Å². The van der Waals surface area contributed by atoms with Crippen molar-refractivity contribution in [2.75, 3.05) is 5.32 Å². The third-order valence-corrected chi connectivity index (χ3v) is 4.78. The molecule has 0 radical (unpaired) electrons. The SMILES string of the molecule is O=C(O)Cc1c(Br)cc(C=C2Oc3ccccc3NC2=O)cc1Br. The summed E-state index contributed by atoms with van der Waals surface area (Å²) >= 11 is 6.74. The number of nitrogens with one attached hydrogen (secondary N) is 1. The second kappa shape index (κ2) is 6.78. The lowest BCUT2D eigenvalue weighted by Crippen LogP contribution is -2.23. The van der Waals surface area contributed by atoms with E-state index in [-0.39, 0.29) is 18.1 Å². The molecule has 2 aromatic carbocycles. The largest absolute Gasteiger partial charge is 0.481 e. The number of carbonyl (C=O) groups is 2. The maximum Gasteiger partial charge on any atom is 0.307 e. The number of amides is 1. The second-order valence-electron chi connectivity index (χ2n) is 5.09. The number of hydrogen-bond acceptors (Lipinski definition) is 3. The summed E-state index contributed by atoms with van der Waals surface area (Å²) in [7, 11) is 0. The molecule has 1 aliphatic heterocycles. The van der Waals surface area contributed by atoms with Crippen LogP contribution in [0.2, 0.25) is 0 Å². The van der Waals surface area contributed by atoms with Crippen molar-refractivity contribution >= 4 is 55.5 Å². The molecule has 0 unspecified atom stereocenters. The molecule has 0 saturated heterocycles. The fourth-order valence-electron chi connectivity index (χ4n) is 2.28. The molecule has 122 valence electrons. The Balaban J connectivity index is 1.94. The first kappa shape index (κ1) is 16.7. The predicted molar refractivity (Wildman–Crippen MR) is 96.9 cm³/mol. The van der Waals surface area contributed by atoms with Crippen LogP contribution in [0.25, 0.3) is 6.08 Å². The molecule has 7 heteroatoms. The van der Waals surface area contributed by atoms with Gasteiger partial charge in [0.1, 0.15) is 0 Å². The lowest BCUT2D eigenvalue weighted by molar-refractivity contribution is -0.136. The number of carboxylic acid groups (broad SMARTS) is 1. The van der Waals surface area contributed by atoms with Crippen molar-refractivity contribution in [2.24, 2.45) is 0 Å². The molecule has 1 heterocycles. The molecule has 5 nitrogen and oxygen atoms in total. The second-order valence-corrected chi connectivity index (χ2v) is 6.80. The minimum absolute atomic E-state index is 0.109. The predicted octanol–water partition coefficient (Wildman–Crippen LogP) is 4.21. The Morgan fingerprint density at radius 3 is 2.54 bits per heavy atom. The van der Waals surface area contributed by atoms with Crippen LogP contribution >= 0.6 is 31.9 Å². The number of carboxylic acids is 1. The first-order valence-electron chi connectivity index (χ1n) is 6.93. The molecule has 2 aromatic rings. The molecule has 3 rings (SSSR count). The number of halogens is 2. The first-order valence-corrected chi connectivity index (χ1v) is 8.52. The van der Waals surface area contributed by atoms with Crippen LogP contribution in [0, 0.1) is 0 Å². The van der Waals surface area contributed by atoms with E-state index in [9.17, 15) is 9.59 Å². The van der Waals surface area contributed by atoms with E-state index in [1.807, 2.05) is 12.1 Å².